The van der Waals surface area contributed by atoms with Gasteiger partial charge in [0.1, 0.15) is 17.1 Å². The molecule has 0 saturated heterocycles. The topological polar surface area (TPSA) is 63.7 Å². The van der Waals surface area contributed by atoms with Gasteiger partial charge in [-0.1, -0.05) is 0 Å². The number of rotatable bonds is 2. The van der Waals surface area contributed by atoms with Crippen LogP contribution in [0.1, 0.15) is 0 Å². The number of hydrogen-bond acceptors (Lipinski definition) is 4. The van der Waals surface area contributed by atoms with E-state index in [1.165, 1.54) is 24.5 Å². The van der Waals surface area contributed by atoms with Gasteiger partial charge in [0.05, 0.1) is 10.8 Å². The zero-order valence-corrected chi connectivity index (χ0v) is 11.5. The van der Waals surface area contributed by atoms with Crippen molar-refractivity contribution in [2.24, 2.45) is 0 Å². The van der Waals surface area contributed by atoms with Gasteiger partial charge in [-0.15, -0.1) is 0 Å². The Balaban J connectivity index is 2.07. The molecule has 0 saturated carbocycles. The lowest BCUT2D eigenvalue weighted by molar-refractivity contribution is 0.462. The summed E-state index contributed by atoms with van der Waals surface area (Å²) >= 11 is 8.99. The van der Waals surface area contributed by atoms with Gasteiger partial charge in [-0.3, -0.25) is 0 Å². The third-order valence-corrected chi connectivity index (χ3v) is 3.11. The van der Waals surface area contributed by atoms with E-state index in [0.717, 1.165) is 0 Å². The van der Waals surface area contributed by atoms with E-state index in [2.05, 4.69) is 35.9 Å². The van der Waals surface area contributed by atoms with Gasteiger partial charge < -0.3 is 9.72 Å². The number of imidazole rings is 1. The van der Waals surface area contributed by atoms with E-state index in [1.54, 1.807) is 0 Å². The lowest BCUT2D eigenvalue weighted by Gasteiger charge is -2.07. The van der Waals surface area contributed by atoms with Crippen LogP contribution in [0.3, 0.4) is 0 Å². The van der Waals surface area contributed by atoms with Gasteiger partial charge in [0.25, 0.3) is 0 Å². The molecule has 1 aromatic carbocycles. The number of hydrogen-bond donors (Lipinski definition) is 1. The number of fused-ring (bicyclic) bond motifs is 1. The van der Waals surface area contributed by atoms with Gasteiger partial charge in [-0.05, 0) is 45.7 Å². The summed E-state index contributed by atoms with van der Waals surface area (Å²) < 4.78 is 19.1. The quantitative estimate of drug-likeness (QED) is 0.721. The Hall–Kier alpha value is -1.73. The predicted octanol–water partition coefficient (Wildman–Crippen LogP) is 3.70. The minimum Gasteiger partial charge on any atom is -0.436 e. The molecule has 3 rings (SSSR count). The van der Waals surface area contributed by atoms with Crippen LogP contribution in [0.4, 0.5) is 4.39 Å². The molecule has 2 aromatic heterocycles. The van der Waals surface area contributed by atoms with Crippen LogP contribution in [0.5, 0.6) is 11.6 Å². The van der Waals surface area contributed by atoms with Crippen molar-refractivity contribution < 1.29 is 9.13 Å². The molecular formula is C11H5BrClFN4O. The molecule has 0 atom stereocenters. The van der Waals surface area contributed by atoms with Crippen LogP contribution in [0.2, 0.25) is 5.28 Å². The van der Waals surface area contributed by atoms with E-state index in [9.17, 15) is 4.39 Å². The largest absolute Gasteiger partial charge is 0.436 e. The van der Waals surface area contributed by atoms with Crippen molar-refractivity contribution in [1.82, 2.24) is 19.9 Å². The molecule has 0 spiro atoms. The fraction of sp³-hybridized carbons (Fsp3) is 0. The van der Waals surface area contributed by atoms with Crippen LogP contribution >= 0.6 is 27.5 Å². The molecule has 8 heteroatoms. The zero-order chi connectivity index (χ0) is 13.4. The van der Waals surface area contributed by atoms with Crippen molar-refractivity contribution in [2.45, 2.75) is 0 Å². The standard InChI is InChI=1S/C11H5BrClFN4O/c12-6-3-5(14)1-2-7(6)19-10-8-9(16-4-15-8)17-11(13)18-10/h1-4H,(H,15,16,17,18). The highest BCUT2D eigenvalue weighted by molar-refractivity contribution is 9.10. The molecular weight excluding hydrogens is 339 g/mol. The molecule has 0 fully saturated rings. The Kier molecular flexibility index (Phi) is 3.08. The van der Waals surface area contributed by atoms with E-state index in [4.69, 9.17) is 16.3 Å². The molecule has 3 aromatic rings. The highest BCUT2D eigenvalue weighted by Gasteiger charge is 2.12. The van der Waals surface area contributed by atoms with E-state index in [0.29, 0.717) is 21.4 Å². The van der Waals surface area contributed by atoms with Gasteiger partial charge in [0.15, 0.2) is 5.65 Å². The Morgan fingerprint density at radius 1 is 1.32 bits per heavy atom. The minimum absolute atomic E-state index is 0.0211. The number of aromatic amines is 1. The van der Waals surface area contributed by atoms with Crippen molar-refractivity contribution in [3.63, 3.8) is 0 Å². The molecule has 1 N–H and O–H groups in total. The Labute approximate surface area is 119 Å². The summed E-state index contributed by atoms with van der Waals surface area (Å²) in [5.74, 6) is 0.263. The van der Waals surface area contributed by atoms with E-state index in [1.807, 2.05) is 0 Å². The van der Waals surface area contributed by atoms with Gasteiger partial charge >= 0.3 is 0 Å². The number of halogens is 3. The summed E-state index contributed by atoms with van der Waals surface area (Å²) in [4.78, 5) is 14.7. The van der Waals surface area contributed by atoms with Crippen LogP contribution < -0.4 is 4.74 Å². The molecule has 2 heterocycles. The lowest BCUT2D eigenvalue weighted by Crippen LogP contribution is -1.93. The number of benzene rings is 1. The second-order valence-corrected chi connectivity index (χ2v) is 4.77. The number of nitrogens with one attached hydrogen (secondary N) is 1. The lowest BCUT2D eigenvalue weighted by atomic mass is 10.3. The smallest absolute Gasteiger partial charge is 0.250 e. The maximum atomic E-state index is 13.0. The first-order valence-electron chi connectivity index (χ1n) is 5.13. The van der Waals surface area contributed by atoms with Crippen molar-refractivity contribution >= 4 is 38.7 Å². The average molecular weight is 344 g/mol. The Morgan fingerprint density at radius 3 is 2.95 bits per heavy atom. The third kappa shape index (κ3) is 2.39. The second-order valence-electron chi connectivity index (χ2n) is 3.58. The predicted molar refractivity (Wildman–Crippen MR) is 70.9 cm³/mol. The summed E-state index contributed by atoms with van der Waals surface area (Å²) in [6.07, 6.45) is 1.46. The van der Waals surface area contributed by atoms with Crippen molar-refractivity contribution in [1.29, 1.82) is 0 Å². The molecule has 0 aliphatic carbocycles. The molecule has 0 radical (unpaired) electrons. The van der Waals surface area contributed by atoms with Crippen molar-refractivity contribution in [3.05, 3.63) is 40.1 Å². The van der Waals surface area contributed by atoms with Crippen LogP contribution in [0.25, 0.3) is 11.2 Å². The molecule has 5 nitrogen and oxygen atoms in total. The van der Waals surface area contributed by atoms with Gasteiger partial charge in [-0.25, -0.2) is 9.37 Å². The van der Waals surface area contributed by atoms with Crippen LogP contribution in [-0.2, 0) is 0 Å². The monoisotopic (exact) mass is 342 g/mol. The van der Waals surface area contributed by atoms with Crippen LogP contribution in [-0.4, -0.2) is 19.9 Å². The normalized spacial score (nSPS) is 10.9. The van der Waals surface area contributed by atoms with Crippen molar-refractivity contribution in [3.8, 4) is 11.6 Å². The fourth-order valence-electron chi connectivity index (χ4n) is 1.52. The first-order valence-corrected chi connectivity index (χ1v) is 6.30. The molecule has 19 heavy (non-hydrogen) atoms. The summed E-state index contributed by atoms with van der Waals surface area (Å²) in [7, 11) is 0. The van der Waals surface area contributed by atoms with Crippen LogP contribution in [0, 0.1) is 5.82 Å². The molecule has 0 amide bonds. The first-order chi connectivity index (χ1) is 9.13. The summed E-state index contributed by atoms with van der Waals surface area (Å²) in [5, 5.41) is 0.0211. The summed E-state index contributed by atoms with van der Waals surface area (Å²) in [6, 6.07) is 4.06. The first kappa shape index (κ1) is 12.3. The molecule has 96 valence electrons. The van der Waals surface area contributed by atoms with Crippen LogP contribution in [0.15, 0.2) is 29.0 Å². The van der Waals surface area contributed by atoms with Crippen molar-refractivity contribution in [2.75, 3.05) is 0 Å². The third-order valence-electron chi connectivity index (χ3n) is 2.33. The van der Waals surface area contributed by atoms with Gasteiger partial charge in [0, 0.05) is 0 Å². The number of ether oxygens (including phenoxy) is 1. The fourth-order valence-corrected chi connectivity index (χ4v) is 2.11. The summed E-state index contributed by atoms with van der Waals surface area (Å²) in [5.41, 5.74) is 0.911. The van der Waals surface area contributed by atoms with E-state index < -0.39 is 0 Å². The Morgan fingerprint density at radius 2 is 2.16 bits per heavy atom. The van der Waals surface area contributed by atoms with E-state index >= 15 is 0 Å². The molecule has 0 unspecified atom stereocenters. The van der Waals surface area contributed by atoms with E-state index in [-0.39, 0.29) is 17.0 Å². The molecule has 0 aliphatic heterocycles. The highest BCUT2D eigenvalue weighted by Crippen LogP contribution is 2.32. The maximum absolute atomic E-state index is 13.0. The molecule has 0 bridgehead atoms. The number of aromatic nitrogens is 4. The van der Waals surface area contributed by atoms with Gasteiger partial charge in [0.2, 0.25) is 11.2 Å². The highest BCUT2D eigenvalue weighted by atomic mass is 79.9. The second kappa shape index (κ2) is 4.75. The minimum atomic E-state index is -0.369. The maximum Gasteiger partial charge on any atom is 0.250 e. The number of nitrogens with zero attached hydrogens (tertiary/aromatic N) is 3. The number of H-pyrrole nitrogens is 1. The SMILES string of the molecule is Fc1ccc(Oc2nc(Cl)nc3nc[nH]c23)c(Br)c1. The molecule has 0 aliphatic rings. The average Bonchev–Trinajstić information content (AvgIpc) is 2.80. The zero-order valence-electron chi connectivity index (χ0n) is 9.19. The van der Waals surface area contributed by atoms with Gasteiger partial charge in [-0.2, -0.15) is 9.97 Å². The summed E-state index contributed by atoms with van der Waals surface area (Å²) in [6.45, 7) is 0. The Bertz CT molecular complexity index is 764.